The van der Waals surface area contributed by atoms with Gasteiger partial charge in [0.2, 0.25) is 0 Å². The van der Waals surface area contributed by atoms with E-state index in [1.165, 1.54) is 10.3 Å². The maximum absolute atomic E-state index is 6.13. The number of thiophene rings is 1. The van der Waals surface area contributed by atoms with Crippen molar-refractivity contribution < 1.29 is 0 Å². The lowest BCUT2D eigenvalue weighted by molar-refractivity contribution is 0.648. The molecule has 0 bridgehead atoms. The van der Waals surface area contributed by atoms with Crippen molar-refractivity contribution >= 4 is 21.6 Å². The zero-order valence-corrected chi connectivity index (χ0v) is 10.3. The van der Waals surface area contributed by atoms with E-state index in [9.17, 15) is 0 Å². The molecule has 2 N–H and O–H groups in total. The van der Waals surface area contributed by atoms with Gasteiger partial charge in [-0.2, -0.15) is 0 Å². The Labute approximate surface area is 99.8 Å². The van der Waals surface area contributed by atoms with Crippen molar-refractivity contribution in [2.45, 2.75) is 25.8 Å². The van der Waals surface area contributed by atoms with Gasteiger partial charge in [-0.1, -0.05) is 5.57 Å². The van der Waals surface area contributed by atoms with Crippen LogP contribution in [0, 0.1) is 0 Å². The van der Waals surface area contributed by atoms with E-state index in [4.69, 9.17) is 5.73 Å². The van der Waals surface area contributed by atoms with Crippen LogP contribution in [0.5, 0.6) is 0 Å². The largest absolute Gasteiger partial charge is 0.324 e. The van der Waals surface area contributed by atoms with E-state index < -0.39 is 0 Å². The molecule has 2 nitrogen and oxygen atoms in total. The van der Waals surface area contributed by atoms with Crippen LogP contribution in [0.15, 0.2) is 35.9 Å². The minimum absolute atomic E-state index is 0.0655. The van der Waals surface area contributed by atoms with Crippen LogP contribution in [-0.4, -0.2) is 4.98 Å². The second-order valence-electron chi connectivity index (χ2n) is 4.17. The molecule has 0 saturated heterocycles. The number of hydrogen-bond donors (Lipinski definition) is 1. The molecule has 1 unspecified atom stereocenters. The van der Waals surface area contributed by atoms with Crippen LogP contribution in [-0.2, 0) is 0 Å². The van der Waals surface area contributed by atoms with Gasteiger partial charge in [-0.15, -0.1) is 17.9 Å². The van der Waals surface area contributed by atoms with Gasteiger partial charge in [-0.05, 0) is 42.8 Å². The first-order chi connectivity index (χ1) is 7.66. The second kappa shape index (κ2) is 4.76. The maximum Gasteiger partial charge on any atom is 0.0809 e. The summed E-state index contributed by atoms with van der Waals surface area (Å²) in [5, 5.41) is 2.06. The zero-order valence-electron chi connectivity index (χ0n) is 9.44. The molecule has 3 heteroatoms. The van der Waals surface area contributed by atoms with Crippen LogP contribution in [0.25, 0.3) is 10.2 Å². The predicted molar refractivity (Wildman–Crippen MR) is 70.6 cm³/mol. The normalized spacial score (nSPS) is 12.9. The molecule has 0 aromatic carbocycles. The highest BCUT2D eigenvalue weighted by Gasteiger charge is 2.07. The van der Waals surface area contributed by atoms with Gasteiger partial charge in [0.25, 0.3) is 0 Å². The molecule has 0 radical (unpaired) electrons. The molecule has 0 saturated carbocycles. The third-order valence-electron chi connectivity index (χ3n) is 2.63. The van der Waals surface area contributed by atoms with E-state index in [1.54, 1.807) is 11.3 Å². The average molecular weight is 232 g/mol. The predicted octanol–water partition coefficient (Wildman–Crippen LogP) is 3.65. The van der Waals surface area contributed by atoms with Gasteiger partial charge in [-0.3, -0.25) is 4.98 Å². The van der Waals surface area contributed by atoms with Gasteiger partial charge in [0.05, 0.1) is 10.2 Å². The quantitative estimate of drug-likeness (QED) is 0.817. The van der Waals surface area contributed by atoms with Crippen molar-refractivity contribution in [3.63, 3.8) is 0 Å². The number of hydrogen-bond acceptors (Lipinski definition) is 3. The van der Waals surface area contributed by atoms with Crippen molar-refractivity contribution in [1.82, 2.24) is 4.98 Å². The Morgan fingerprint density at radius 2 is 2.44 bits per heavy atom. The summed E-state index contributed by atoms with van der Waals surface area (Å²) in [6.45, 7) is 5.93. The van der Waals surface area contributed by atoms with Crippen LogP contribution in [0.4, 0.5) is 0 Å². The highest BCUT2D eigenvalue weighted by Crippen LogP contribution is 2.24. The average Bonchev–Trinajstić information content (AvgIpc) is 2.72. The Hall–Kier alpha value is -1.19. The van der Waals surface area contributed by atoms with Crippen molar-refractivity contribution in [1.29, 1.82) is 0 Å². The molecular formula is C13H16N2S. The summed E-state index contributed by atoms with van der Waals surface area (Å²) in [4.78, 5) is 4.40. The van der Waals surface area contributed by atoms with Crippen molar-refractivity contribution in [2.24, 2.45) is 5.73 Å². The fourth-order valence-electron chi connectivity index (χ4n) is 1.63. The third-order valence-corrected chi connectivity index (χ3v) is 3.49. The molecule has 16 heavy (non-hydrogen) atoms. The smallest absolute Gasteiger partial charge is 0.0809 e. The minimum Gasteiger partial charge on any atom is -0.324 e. The molecule has 1 atom stereocenters. The molecule has 2 aromatic heterocycles. The Balaban J connectivity index is 2.15. The Morgan fingerprint density at radius 3 is 3.19 bits per heavy atom. The molecule has 0 fully saturated rings. The van der Waals surface area contributed by atoms with Crippen molar-refractivity contribution in [3.8, 4) is 0 Å². The number of allylic oxidation sites excluding steroid dienone is 1. The summed E-state index contributed by atoms with van der Waals surface area (Å²) in [6.07, 6.45) is 3.80. The maximum atomic E-state index is 6.13. The molecule has 0 spiro atoms. The first kappa shape index (κ1) is 11.3. The standard InChI is InChI=1S/C13H16N2S/c1-9(2)3-4-11(14)10-7-13-12(15-8-10)5-6-16-13/h5-8,11H,1,3-4,14H2,2H3. The Morgan fingerprint density at radius 1 is 1.62 bits per heavy atom. The van der Waals surface area contributed by atoms with E-state index in [-0.39, 0.29) is 6.04 Å². The van der Waals surface area contributed by atoms with Crippen LogP contribution in [0.3, 0.4) is 0 Å². The van der Waals surface area contributed by atoms with Crippen LogP contribution < -0.4 is 5.73 Å². The van der Waals surface area contributed by atoms with E-state index >= 15 is 0 Å². The summed E-state index contributed by atoms with van der Waals surface area (Å²) in [5.74, 6) is 0. The van der Waals surface area contributed by atoms with E-state index in [2.05, 4.69) is 23.0 Å². The Bertz CT molecular complexity index is 501. The van der Waals surface area contributed by atoms with Crippen LogP contribution >= 0.6 is 11.3 Å². The number of pyridine rings is 1. The molecule has 84 valence electrons. The first-order valence-electron chi connectivity index (χ1n) is 5.40. The number of nitrogens with two attached hydrogens (primary N) is 1. The zero-order chi connectivity index (χ0) is 11.5. The highest BCUT2D eigenvalue weighted by atomic mass is 32.1. The molecule has 2 rings (SSSR count). The summed E-state index contributed by atoms with van der Waals surface area (Å²) in [7, 11) is 0. The lowest BCUT2D eigenvalue weighted by Gasteiger charge is -2.11. The van der Waals surface area contributed by atoms with Crippen molar-refractivity contribution in [3.05, 3.63) is 41.4 Å². The summed E-state index contributed by atoms with van der Waals surface area (Å²) in [5.41, 5.74) is 9.49. The summed E-state index contributed by atoms with van der Waals surface area (Å²) < 4.78 is 1.21. The number of fused-ring (bicyclic) bond motifs is 1. The summed E-state index contributed by atoms with van der Waals surface area (Å²) in [6, 6.07) is 4.25. The molecule has 2 aromatic rings. The first-order valence-corrected chi connectivity index (χ1v) is 6.28. The number of nitrogens with zero attached hydrogens (tertiary/aromatic N) is 1. The van der Waals surface area contributed by atoms with Crippen LogP contribution in [0.1, 0.15) is 31.4 Å². The lowest BCUT2D eigenvalue weighted by Crippen LogP contribution is -2.10. The van der Waals surface area contributed by atoms with E-state index in [0.717, 1.165) is 23.9 Å². The topological polar surface area (TPSA) is 38.9 Å². The highest BCUT2D eigenvalue weighted by molar-refractivity contribution is 7.17. The second-order valence-corrected chi connectivity index (χ2v) is 5.12. The lowest BCUT2D eigenvalue weighted by atomic mass is 10.0. The van der Waals surface area contributed by atoms with Crippen molar-refractivity contribution in [2.75, 3.05) is 0 Å². The van der Waals surface area contributed by atoms with Crippen LogP contribution in [0.2, 0.25) is 0 Å². The molecule has 0 amide bonds. The van der Waals surface area contributed by atoms with Gasteiger partial charge in [0.1, 0.15) is 0 Å². The monoisotopic (exact) mass is 232 g/mol. The molecule has 2 heterocycles. The summed E-state index contributed by atoms with van der Waals surface area (Å²) >= 11 is 1.71. The SMILES string of the molecule is C=C(C)CCC(N)c1cnc2ccsc2c1. The molecular weight excluding hydrogens is 216 g/mol. The molecule has 0 aliphatic rings. The van der Waals surface area contributed by atoms with Gasteiger partial charge < -0.3 is 5.73 Å². The van der Waals surface area contributed by atoms with Gasteiger partial charge in [0.15, 0.2) is 0 Å². The minimum atomic E-state index is 0.0655. The fourth-order valence-corrected chi connectivity index (χ4v) is 2.42. The van der Waals surface area contributed by atoms with Gasteiger partial charge >= 0.3 is 0 Å². The van der Waals surface area contributed by atoms with Gasteiger partial charge in [0, 0.05) is 12.2 Å². The fraction of sp³-hybridized carbons (Fsp3) is 0.308. The third kappa shape index (κ3) is 2.49. The van der Waals surface area contributed by atoms with Gasteiger partial charge in [-0.25, -0.2) is 0 Å². The molecule has 0 aliphatic heterocycles. The number of rotatable bonds is 4. The number of aromatic nitrogens is 1. The molecule has 0 aliphatic carbocycles. The van der Waals surface area contributed by atoms with E-state index in [1.807, 2.05) is 19.2 Å². The Kier molecular flexibility index (Phi) is 3.36. The van der Waals surface area contributed by atoms with E-state index in [0.29, 0.717) is 0 Å².